The van der Waals surface area contributed by atoms with E-state index in [2.05, 4.69) is 16.4 Å². The molecule has 0 aromatic carbocycles. The van der Waals surface area contributed by atoms with Crippen LogP contribution in [0.25, 0.3) is 0 Å². The molecule has 0 unspecified atom stereocenters. The van der Waals surface area contributed by atoms with Gasteiger partial charge in [0.15, 0.2) is 5.03 Å². The number of nitrogens with one attached hydrogen (secondary N) is 1. The van der Waals surface area contributed by atoms with Crippen molar-refractivity contribution < 1.29 is 8.42 Å². The summed E-state index contributed by atoms with van der Waals surface area (Å²) in [5.41, 5.74) is 0.719. The van der Waals surface area contributed by atoms with E-state index in [1.807, 2.05) is 0 Å². The largest absolute Gasteiger partial charge is 0.259 e. The van der Waals surface area contributed by atoms with E-state index in [1.165, 1.54) is 17.9 Å². The van der Waals surface area contributed by atoms with E-state index in [0.29, 0.717) is 0 Å². The van der Waals surface area contributed by atoms with Crippen LogP contribution in [0, 0.1) is 0 Å². The fourth-order valence-electron chi connectivity index (χ4n) is 0.988. The van der Waals surface area contributed by atoms with E-state index in [9.17, 15) is 8.42 Å². The lowest BCUT2D eigenvalue weighted by Crippen LogP contribution is -2.27. The van der Waals surface area contributed by atoms with Crippen LogP contribution in [0.3, 0.4) is 0 Å². The van der Waals surface area contributed by atoms with Crippen LogP contribution in [0.15, 0.2) is 23.4 Å². The summed E-state index contributed by atoms with van der Waals surface area (Å²) < 4.78 is 27.1. The highest BCUT2D eigenvalue weighted by atomic mass is 35.5. The van der Waals surface area contributed by atoms with E-state index in [-0.39, 0.29) is 16.6 Å². The van der Waals surface area contributed by atoms with Crippen LogP contribution in [-0.2, 0) is 17.1 Å². The van der Waals surface area contributed by atoms with Gasteiger partial charge in [-0.1, -0.05) is 23.8 Å². The first kappa shape index (κ1) is 12.2. The molecule has 7 heteroatoms. The van der Waals surface area contributed by atoms with E-state index < -0.39 is 10.0 Å². The van der Waals surface area contributed by atoms with Crippen molar-refractivity contribution in [1.29, 1.82) is 0 Å². The van der Waals surface area contributed by atoms with Crippen molar-refractivity contribution in [3.63, 3.8) is 0 Å². The molecule has 0 fully saturated rings. The Kier molecular flexibility index (Phi) is 3.54. The van der Waals surface area contributed by atoms with Crippen molar-refractivity contribution in [2.24, 2.45) is 7.05 Å². The lowest BCUT2D eigenvalue weighted by molar-refractivity contribution is 0.566. The zero-order valence-electron chi connectivity index (χ0n) is 8.49. The molecule has 0 bridgehead atoms. The van der Waals surface area contributed by atoms with Crippen molar-refractivity contribution in [1.82, 2.24) is 14.5 Å². The van der Waals surface area contributed by atoms with Gasteiger partial charge in [0.2, 0.25) is 0 Å². The van der Waals surface area contributed by atoms with Gasteiger partial charge in [-0.2, -0.15) is 5.10 Å². The van der Waals surface area contributed by atoms with Gasteiger partial charge in [0.1, 0.15) is 0 Å². The van der Waals surface area contributed by atoms with E-state index >= 15 is 0 Å². The summed E-state index contributed by atoms with van der Waals surface area (Å²) in [6.45, 7) is 5.52. The first-order valence-electron chi connectivity index (χ1n) is 4.16. The van der Waals surface area contributed by atoms with Gasteiger partial charge in [0.05, 0.1) is 11.2 Å². The second kappa shape index (κ2) is 4.34. The Labute approximate surface area is 93.8 Å². The average Bonchev–Trinajstić information content (AvgIpc) is 2.43. The quantitative estimate of drug-likeness (QED) is 0.808. The molecule has 0 aliphatic carbocycles. The molecule has 0 saturated carbocycles. The highest BCUT2D eigenvalue weighted by Gasteiger charge is 2.21. The molecule has 1 aromatic heterocycles. The van der Waals surface area contributed by atoms with Crippen molar-refractivity contribution >= 4 is 21.6 Å². The third kappa shape index (κ3) is 2.80. The van der Waals surface area contributed by atoms with Crippen molar-refractivity contribution in [2.45, 2.75) is 11.9 Å². The molecule has 5 nitrogen and oxygen atoms in total. The molecule has 0 spiro atoms. The minimum absolute atomic E-state index is 0.0367. The molecular formula is C8H12ClN3O2S. The maximum Gasteiger partial charge on any atom is 0.259 e. The zero-order valence-corrected chi connectivity index (χ0v) is 10.1. The summed E-state index contributed by atoms with van der Waals surface area (Å²) in [4.78, 5) is 0. The van der Waals surface area contributed by atoms with Gasteiger partial charge in [-0.25, -0.2) is 13.1 Å². The zero-order chi connectivity index (χ0) is 11.6. The predicted octanol–water partition coefficient (Wildman–Crippen LogP) is 0.928. The van der Waals surface area contributed by atoms with Crippen LogP contribution in [0.1, 0.15) is 6.92 Å². The Morgan fingerprint density at radius 2 is 2.33 bits per heavy atom. The van der Waals surface area contributed by atoms with Crippen LogP contribution < -0.4 is 4.72 Å². The van der Waals surface area contributed by atoms with E-state index in [1.54, 1.807) is 6.92 Å². The average molecular weight is 250 g/mol. The summed E-state index contributed by atoms with van der Waals surface area (Å²) >= 11 is 5.72. The maximum atomic E-state index is 11.7. The van der Waals surface area contributed by atoms with Crippen molar-refractivity contribution in [3.05, 3.63) is 23.4 Å². The Balaban J connectivity index is 3.01. The lowest BCUT2D eigenvalue weighted by atomic mass is 10.4. The number of nitrogens with zero attached hydrogens (tertiary/aromatic N) is 2. The molecule has 1 heterocycles. The van der Waals surface area contributed by atoms with Gasteiger partial charge < -0.3 is 0 Å². The molecule has 0 aliphatic heterocycles. The minimum Gasteiger partial charge on any atom is -0.255 e. The topological polar surface area (TPSA) is 64.0 Å². The Bertz CT molecular complexity index is 459. The van der Waals surface area contributed by atoms with Crippen LogP contribution in [0.4, 0.5) is 0 Å². The molecule has 15 heavy (non-hydrogen) atoms. The number of sulfonamides is 1. The SMILES string of the molecule is C=C(C)CNS(=O)(=O)c1c(Cl)cnn1C. The summed E-state index contributed by atoms with van der Waals surface area (Å²) in [5.74, 6) is 0. The number of aryl methyl sites for hydroxylation is 1. The van der Waals surface area contributed by atoms with Gasteiger partial charge in [-0.3, -0.25) is 4.68 Å². The lowest BCUT2D eigenvalue weighted by Gasteiger charge is -2.06. The normalized spacial score (nSPS) is 11.7. The molecule has 0 atom stereocenters. The molecule has 0 amide bonds. The first-order chi connectivity index (χ1) is 6.84. The third-order valence-electron chi connectivity index (χ3n) is 1.66. The number of halogens is 1. The van der Waals surface area contributed by atoms with Crippen LogP contribution in [0.2, 0.25) is 5.02 Å². The molecule has 1 N–H and O–H groups in total. The standard InChI is InChI=1S/C8H12ClN3O2S/c1-6(2)4-11-15(13,14)8-7(9)5-10-12(8)3/h5,11H,1,4H2,2-3H3. The Morgan fingerprint density at radius 1 is 1.73 bits per heavy atom. The van der Waals surface area contributed by atoms with Gasteiger partial charge in [0.25, 0.3) is 10.0 Å². The maximum absolute atomic E-state index is 11.7. The van der Waals surface area contributed by atoms with Gasteiger partial charge in [-0.15, -0.1) is 0 Å². The predicted molar refractivity (Wildman–Crippen MR) is 58.2 cm³/mol. The van der Waals surface area contributed by atoms with Crippen LogP contribution in [-0.4, -0.2) is 24.7 Å². The monoisotopic (exact) mass is 249 g/mol. The highest BCUT2D eigenvalue weighted by Crippen LogP contribution is 2.19. The highest BCUT2D eigenvalue weighted by molar-refractivity contribution is 7.89. The number of aromatic nitrogens is 2. The molecule has 0 radical (unpaired) electrons. The van der Waals surface area contributed by atoms with Crippen molar-refractivity contribution in [2.75, 3.05) is 6.54 Å². The summed E-state index contributed by atoms with van der Waals surface area (Å²) in [5, 5.41) is 3.82. The summed E-state index contributed by atoms with van der Waals surface area (Å²) in [6, 6.07) is 0. The smallest absolute Gasteiger partial charge is 0.255 e. The molecule has 1 aromatic rings. The number of hydrogen-bond acceptors (Lipinski definition) is 3. The number of hydrogen-bond donors (Lipinski definition) is 1. The summed E-state index contributed by atoms with van der Waals surface area (Å²) in [7, 11) is -2.10. The fourth-order valence-corrected chi connectivity index (χ4v) is 2.74. The van der Waals surface area contributed by atoms with Crippen LogP contribution in [0.5, 0.6) is 0 Å². The van der Waals surface area contributed by atoms with Gasteiger partial charge in [0, 0.05) is 13.6 Å². The minimum atomic E-state index is -3.62. The van der Waals surface area contributed by atoms with E-state index in [0.717, 1.165) is 5.57 Å². The third-order valence-corrected chi connectivity index (χ3v) is 3.57. The second-order valence-electron chi connectivity index (χ2n) is 3.20. The molecule has 84 valence electrons. The molecular weight excluding hydrogens is 238 g/mol. The second-order valence-corrected chi connectivity index (χ2v) is 5.29. The van der Waals surface area contributed by atoms with E-state index in [4.69, 9.17) is 11.6 Å². The molecule has 1 rings (SSSR count). The Morgan fingerprint density at radius 3 is 2.73 bits per heavy atom. The fraction of sp³-hybridized carbons (Fsp3) is 0.375. The Hall–Kier alpha value is -0.850. The number of rotatable bonds is 4. The first-order valence-corrected chi connectivity index (χ1v) is 6.02. The van der Waals surface area contributed by atoms with Gasteiger partial charge >= 0.3 is 0 Å². The molecule has 0 aliphatic rings. The summed E-state index contributed by atoms with van der Waals surface area (Å²) in [6.07, 6.45) is 1.29. The van der Waals surface area contributed by atoms with Gasteiger partial charge in [-0.05, 0) is 6.92 Å². The molecule has 0 saturated heterocycles. The van der Waals surface area contributed by atoms with Crippen LogP contribution >= 0.6 is 11.6 Å². The van der Waals surface area contributed by atoms with Crippen molar-refractivity contribution in [3.8, 4) is 0 Å².